The first-order valence-electron chi connectivity index (χ1n) is 5.33. The molecule has 0 bridgehead atoms. The normalized spacial score (nSPS) is 17.2. The van der Waals surface area contributed by atoms with Crippen LogP contribution in [-0.4, -0.2) is 18.6 Å². The lowest BCUT2D eigenvalue weighted by Crippen LogP contribution is -2.43. The van der Waals surface area contributed by atoms with Crippen molar-refractivity contribution in [2.45, 2.75) is 52.0 Å². The molecule has 0 fully saturated rings. The molecule has 84 valence electrons. The van der Waals surface area contributed by atoms with Crippen LogP contribution in [0.4, 0.5) is 0 Å². The van der Waals surface area contributed by atoms with Gasteiger partial charge in [-0.15, -0.1) is 0 Å². The highest BCUT2D eigenvalue weighted by molar-refractivity contribution is 5.70. The van der Waals surface area contributed by atoms with Crippen molar-refractivity contribution in [2.24, 2.45) is 11.7 Å². The Morgan fingerprint density at radius 1 is 1.50 bits per heavy atom. The minimum Gasteiger partial charge on any atom is -0.469 e. The van der Waals surface area contributed by atoms with Gasteiger partial charge in [0, 0.05) is 5.54 Å². The Morgan fingerprint density at radius 2 is 2.07 bits per heavy atom. The molecule has 14 heavy (non-hydrogen) atoms. The van der Waals surface area contributed by atoms with Gasteiger partial charge in [0.25, 0.3) is 0 Å². The molecule has 0 aliphatic rings. The molecule has 0 radical (unpaired) electrons. The average Bonchev–Trinajstić information content (AvgIpc) is 2.17. The van der Waals surface area contributed by atoms with Crippen molar-refractivity contribution in [3.63, 3.8) is 0 Å². The number of esters is 1. The molecule has 0 aliphatic carbocycles. The summed E-state index contributed by atoms with van der Waals surface area (Å²) in [6, 6.07) is 0. The summed E-state index contributed by atoms with van der Waals surface area (Å²) in [6.07, 6.45) is 3.12. The largest absolute Gasteiger partial charge is 0.469 e. The van der Waals surface area contributed by atoms with E-state index in [4.69, 9.17) is 5.73 Å². The van der Waals surface area contributed by atoms with Crippen LogP contribution in [0.3, 0.4) is 0 Å². The van der Waals surface area contributed by atoms with E-state index < -0.39 is 0 Å². The van der Waals surface area contributed by atoms with Gasteiger partial charge in [-0.2, -0.15) is 0 Å². The summed E-state index contributed by atoms with van der Waals surface area (Å²) in [5, 5.41) is 0. The van der Waals surface area contributed by atoms with Crippen LogP contribution in [0, 0.1) is 5.92 Å². The van der Waals surface area contributed by atoms with E-state index in [1.165, 1.54) is 7.11 Å². The Bertz CT molecular complexity index is 182. The summed E-state index contributed by atoms with van der Waals surface area (Å²) < 4.78 is 4.64. The predicted octanol–water partition coefficient (Wildman–Crippen LogP) is 2.09. The maximum atomic E-state index is 11.2. The fourth-order valence-electron chi connectivity index (χ4n) is 1.54. The van der Waals surface area contributed by atoms with E-state index >= 15 is 0 Å². The number of hydrogen-bond donors (Lipinski definition) is 1. The second kappa shape index (κ2) is 6.02. The Hall–Kier alpha value is -0.570. The van der Waals surface area contributed by atoms with Gasteiger partial charge in [0.15, 0.2) is 0 Å². The third kappa shape index (κ3) is 4.61. The molecule has 0 aromatic heterocycles. The number of carbonyl (C=O) groups excluding carboxylic acids is 1. The van der Waals surface area contributed by atoms with E-state index in [0.717, 1.165) is 19.3 Å². The molecule has 2 N–H and O–H groups in total. The lowest BCUT2D eigenvalue weighted by atomic mass is 9.83. The van der Waals surface area contributed by atoms with Crippen LogP contribution < -0.4 is 5.73 Å². The van der Waals surface area contributed by atoms with E-state index in [0.29, 0.717) is 12.3 Å². The summed E-state index contributed by atoms with van der Waals surface area (Å²) >= 11 is 0. The highest BCUT2D eigenvalue weighted by Crippen LogP contribution is 2.23. The van der Waals surface area contributed by atoms with Crippen LogP contribution in [0.2, 0.25) is 0 Å². The van der Waals surface area contributed by atoms with Crippen LogP contribution in [0.1, 0.15) is 46.5 Å². The number of rotatable bonds is 6. The highest BCUT2D eigenvalue weighted by Gasteiger charge is 2.28. The average molecular weight is 201 g/mol. The summed E-state index contributed by atoms with van der Waals surface area (Å²) in [7, 11) is 1.40. The molecule has 0 aromatic rings. The molecule has 3 heteroatoms. The van der Waals surface area contributed by atoms with Gasteiger partial charge < -0.3 is 10.5 Å². The van der Waals surface area contributed by atoms with Crippen LogP contribution >= 0.6 is 0 Å². The van der Waals surface area contributed by atoms with E-state index in [-0.39, 0.29) is 11.5 Å². The van der Waals surface area contributed by atoms with Gasteiger partial charge in [-0.3, -0.25) is 4.79 Å². The molecule has 0 saturated carbocycles. The molecule has 0 amide bonds. The minimum atomic E-state index is -0.386. The summed E-state index contributed by atoms with van der Waals surface area (Å²) in [4.78, 5) is 11.2. The van der Waals surface area contributed by atoms with Crippen molar-refractivity contribution < 1.29 is 9.53 Å². The fourth-order valence-corrected chi connectivity index (χ4v) is 1.54. The number of nitrogens with two attached hydrogens (primary N) is 1. The number of methoxy groups -OCH3 is 1. The van der Waals surface area contributed by atoms with Gasteiger partial charge in [0.1, 0.15) is 0 Å². The maximum Gasteiger partial charge on any atom is 0.307 e. The van der Waals surface area contributed by atoms with Gasteiger partial charge in [-0.25, -0.2) is 0 Å². The van der Waals surface area contributed by atoms with Crippen molar-refractivity contribution in [1.82, 2.24) is 0 Å². The highest BCUT2D eigenvalue weighted by atomic mass is 16.5. The molecule has 0 rings (SSSR count). The van der Waals surface area contributed by atoms with Crippen molar-refractivity contribution in [3.8, 4) is 0 Å². The Balaban J connectivity index is 4.24. The zero-order chi connectivity index (χ0) is 11.2. The van der Waals surface area contributed by atoms with E-state index in [1.54, 1.807) is 0 Å². The first kappa shape index (κ1) is 13.4. The summed E-state index contributed by atoms with van der Waals surface area (Å²) in [6.45, 7) is 6.32. The monoisotopic (exact) mass is 201 g/mol. The molecular formula is C11H23NO2. The predicted molar refractivity (Wildman–Crippen MR) is 57.9 cm³/mol. The molecule has 0 spiro atoms. The molecule has 3 nitrogen and oxygen atoms in total. The lowest BCUT2D eigenvalue weighted by Gasteiger charge is -2.29. The summed E-state index contributed by atoms with van der Waals surface area (Å²) in [5.74, 6) is 0.349. The fraction of sp³-hybridized carbons (Fsp3) is 0.909. The van der Waals surface area contributed by atoms with Crippen molar-refractivity contribution in [1.29, 1.82) is 0 Å². The molecule has 0 saturated heterocycles. The van der Waals surface area contributed by atoms with Crippen LogP contribution in [0.15, 0.2) is 0 Å². The standard InChI is InChI=1S/C11H23NO2/c1-5-9(3)7-11(12,6-2)8-10(13)14-4/h9H,5-8,12H2,1-4H3. The van der Waals surface area contributed by atoms with Crippen LogP contribution in [0.25, 0.3) is 0 Å². The Labute approximate surface area is 87.0 Å². The second-order valence-corrected chi connectivity index (χ2v) is 4.19. The third-order valence-electron chi connectivity index (χ3n) is 2.88. The van der Waals surface area contributed by atoms with E-state index in [2.05, 4.69) is 18.6 Å². The number of ether oxygens (including phenoxy) is 1. The number of hydrogen-bond acceptors (Lipinski definition) is 3. The van der Waals surface area contributed by atoms with Gasteiger partial charge in [0.05, 0.1) is 13.5 Å². The number of carbonyl (C=O) groups is 1. The topological polar surface area (TPSA) is 52.3 Å². The van der Waals surface area contributed by atoms with Gasteiger partial charge in [-0.1, -0.05) is 27.2 Å². The first-order chi connectivity index (χ1) is 6.47. The molecule has 2 unspecified atom stereocenters. The molecule has 0 aliphatic heterocycles. The van der Waals surface area contributed by atoms with Gasteiger partial charge in [-0.05, 0) is 18.8 Å². The van der Waals surface area contributed by atoms with E-state index in [1.807, 2.05) is 6.92 Å². The summed E-state index contributed by atoms with van der Waals surface area (Å²) in [5.41, 5.74) is 5.76. The third-order valence-corrected chi connectivity index (χ3v) is 2.88. The smallest absolute Gasteiger partial charge is 0.307 e. The lowest BCUT2D eigenvalue weighted by molar-refractivity contribution is -0.142. The van der Waals surface area contributed by atoms with Crippen LogP contribution in [0.5, 0.6) is 0 Å². The maximum absolute atomic E-state index is 11.2. The molecular weight excluding hydrogens is 178 g/mol. The first-order valence-corrected chi connectivity index (χ1v) is 5.33. The van der Waals surface area contributed by atoms with Crippen LogP contribution in [-0.2, 0) is 9.53 Å². The van der Waals surface area contributed by atoms with E-state index in [9.17, 15) is 4.79 Å². The van der Waals surface area contributed by atoms with Crippen molar-refractivity contribution in [2.75, 3.05) is 7.11 Å². The quantitative estimate of drug-likeness (QED) is 0.669. The second-order valence-electron chi connectivity index (χ2n) is 4.19. The van der Waals surface area contributed by atoms with Crippen molar-refractivity contribution >= 4 is 5.97 Å². The zero-order valence-corrected chi connectivity index (χ0v) is 9.80. The zero-order valence-electron chi connectivity index (χ0n) is 9.80. The molecule has 0 heterocycles. The SMILES string of the molecule is CCC(C)CC(N)(CC)CC(=O)OC. The van der Waals surface area contributed by atoms with Gasteiger partial charge in [0.2, 0.25) is 0 Å². The molecule has 0 aromatic carbocycles. The molecule has 2 atom stereocenters. The minimum absolute atomic E-state index is 0.211. The Morgan fingerprint density at radius 3 is 2.43 bits per heavy atom. The Kier molecular flexibility index (Phi) is 5.77. The van der Waals surface area contributed by atoms with Gasteiger partial charge >= 0.3 is 5.97 Å². The van der Waals surface area contributed by atoms with Crippen molar-refractivity contribution in [3.05, 3.63) is 0 Å².